The maximum Gasteiger partial charge on any atom is 0.328 e. The molecule has 0 amide bonds. The molecule has 1 aromatic rings. The van der Waals surface area contributed by atoms with Crippen LogP contribution in [0.15, 0.2) is 18.3 Å². The zero-order valence-corrected chi connectivity index (χ0v) is 10.9. The number of aromatic nitrogens is 1. The normalized spacial score (nSPS) is 10.8. The first-order valence-corrected chi connectivity index (χ1v) is 5.62. The molecule has 5 heteroatoms. The van der Waals surface area contributed by atoms with Crippen LogP contribution in [0, 0.1) is 6.92 Å². The van der Waals surface area contributed by atoms with Crippen LogP contribution >= 0.6 is 0 Å². The number of pyridine rings is 1. The van der Waals surface area contributed by atoms with Crippen LogP contribution in [0.3, 0.4) is 0 Å². The van der Waals surface area contributed by atoms with Gasteiger partial charge in [0.05, 0.1) is 6.61 Å². The van der Waals surface area contributed by atoms with E-state index in [0.29, 0.717) is 6.61 Å². The van der Waals surface area contributed by atoms with Crippen molar-refractivity contribution in [2.75, 3.05) is 32.2 Å². The SMILES string of the molecule is COCCN(C)c1ncc(/C=C/C(=O)O)cc1C. The second kappa shape index (κ2) is 6.76. The zero-order chi connectivity index (χ0) is 13.5. The summed E-state index contributed by atoms with van der Waals surface area (Å²) in [7, 11) is 3.61. The lowest BCUT2D eigenvalue weighted by molar-refractivity contribution is -0.131. The second-order valence-electron chi connectivity index (χ2n) is 4.00. The van der Waals surface area contributed by atoms with Crippen LogP contribution in [0.25, 0.3) is 6.08 Å². The number of rotatable bonds is 6. The summed E-state index contributed by atoms with van der Waals surface area (Å²) in [5.74, 6) is -0.0894. The molecule has 1 aromatic heterocycles. The fourth-order valence-corrected chi connectivity index (χ4v) is 1.58. The van der Waals surface area contributed by atoms with Gasteiger partial charge in [0.1, 0.15) is 5.82 Å². The Morgan fingerprint density at radius 3 is 2.89 bits per heavy atom. The van der Waals surface area contributed by atoms with Crippen molar-refractivity contribution in [1.82, 2.24) is 4.98 Å². The molecule has 18 heavy (non-hydrogen) atoms. The largest absolute Gasteiger partial charge is 0.478 e. The summed E-state index contributed by atoms with van der Waals surface area (Å²) in [5.41, 5.74) is 1.78. The Kier molecular flexibility index (Phi) is 5.32. The quantitative estimate of drug-likeness (QED) is 0.776. The van der Waals surface area contributed by atoms with Crippen LogP contribution < -0.4 is 4.90 Å². The third kappa shape index (κ3) is 4.18. The summed E-state index contributed by atoms with van der Waals surface area (Å²) in [5, 5.41) is 8.55. The molecule has 0 fully saturated rings. The molecule has 5 nitrogen and oxygen atoms in total. The number of hydrogen-bond acceptors (Lipinski definition) is 4. The fourth-order valence-electron chi connectivity index (χ4n) is 1.58. The van der Waals surface area contributed by atoms with Crippen LogP contribution in [-0.4, -0.2) is 43.4 Å². The highest BCUT2D eigenvalue weighted by Gasteiger charge is 2.06. The first-order valence-electron chi connectivity index (χ1n) is 5.62. The molecule has 0 aliphatic heterocycles. The van der Waals surface area contributed by atoms with Crippen molar-refractivity contribution in [3.63, 3.8) is 0 Å². The molecule has 1 N–H and O–H groups in total. The minimum absolute atomic E-state index is 0.637. The average molecular weight is 250 g/mol. The predicted molar refractivity (Wildman–Crippen MR) is 70.8 cm³/mol. The number of carbonyl (C=O) groups is 1. The van der Waals surface area contributed by atoms with Gasteiger partial charge >= 0.3 is 5.97 Å². The lowest BCUT2D eigenvalue weighted by Crippen LogP contribution is -2.23. The van der Waals surface area contributed by atoms with E-state index in [1.54, 1.807) is 13.3 Å². The number of aryl methyl sites for hydroxylation is 1. The van der Waals surface area contributed by atoms with Gasteiger partial charge in [-0.1, -0.05) is 0 Å². The highest BCUT2D eigenvalue weighted by Crippen LogP contribution is 2.17. The molecule has 0 radical (unpaired) electrons. The number of carboxylic acids is 1. The third-order valence-corrected chi connectivity index (χ3v) is 2.48. The maximum atomic E-state index is 10.4. The van der Waals surface area contributed by atoms with Gasteiger partial charge in [0.2, 0.25) is 0 Å². The van der Waals surface area contributed by atoms with Crippen molar-refractivity contribution in [2.24, 2.45) is 0 Å². The molecule has 0 atom stereocenters. The van der Waals surface area contributed by atoms with Crippen molar-refractivity contribution in [3.05, 3.63) is 29.5 Å². The first-order chi connectivity index (χ1) is 8.54. The van der Waals surface area contributed by atoms with Gasteiger partial charge in [0, 0.05) is 33.0 Å². The van der Waals surface area contributed by atoms with E-state index in [-0.39, 0.29) is 0 Å². The van der Waals surface area contributed by atoms with Crippen LogP contribution in [-0.2, 0) is 9.53 Å². The highest BCUT2D eigenvalue weighted by molar-refractivity contribution is 5.85. The number of aliphatic carboxylic acids is 1. The van der Waals surface area contributed by atoms with Crippen LogP contribution in [0.1, 0.15) is 11.1 Å². The second-order valence-corrected chi connectivity index (χ2v) is 4.00. The number of methoxy groups -OCH3 is 1. The monoisotopic (exact) mass is 250 g/mol. The maximum absolute atomic E-state index is 10.4. The smallest absolute Gasteiger partial charge is 0.328 e. The van der Waals surface area contributed by atoms with Gasteiger partial charge in [-0.2, -0.15) is 0 Å². The van der Waals surface area contributed by atoms with Gasteiger partial charge in [0.15, 0.2) is 0 Å². The summed E-state index contributed by atoms with van der Waals surface area (Å²) in [6.07, 6.45) is 4.29. The van der Waals surface area contributed by atoms with Gasteiger partial charge in [-0.25, -0.2) is 9.78 Å². The van der Waals surface area contributed by atoms with Crippen LogP contribution in [0.5, 0.6) is 0 Å². The van der Waals surface area contributed by atoms with Crippen molar-refractivity contribution in [1.29, 1.82) is 0 Å². The van der Waals surface area contributed by atoms with Gasteiger partial charge in [0.25, 0.3) is 0 Å². The number of likely N-dealkylation sites (N-methyl/N-ethyl adjacent to an activating group) is 1. The van der Waals surface area contributed by atoms with E-state index in [1.807, 2.05) is 24.9 Å². The molecular formula is C13H18N2O3. The molecule has 0 unspecified atom stereocenters. The van der Waals surface area contributed by atoms with Gasteiger partial charge in [-0.05, 0) is 30.2 Å². The average Bonchev–Trinajstić information content (AvgIpc) is 2.33. The summed E-state index contributed by atoms with van der Waals surface area (Å²) in [4.78, 5) is 16.8. The van der Waals surface area contributed by atoms with Gasteiger partial charge < -0.3 is 14.7 Å². The van der Waals surface area contributed by atoms with Gasteiger partial charge in [-0.15, -0.1) is 0 Å². The highest BCUT2D eigenvalue weighted by atomic mass is 16.5. The minimum atomic E-state index is -0.964. The number of anilines is 1. The molecule has 0 saturated heterocycles. The Balaban J connectivity index is 2.82. The molecule has 1 heterocycles. The molecule has 1 rings (SSSR count). The van der Waals surface area contributed by atoms with Crippen LogP contribution in [0.4, 0.5) is 5.82 Å². The molecule has 0 bridgehead atoms. The molecule has 0 saturated carbocycles. The predicted octanol–water partition coefficient (Wildman–Crippen LogP) is 1.57. The fraction of sp³-hybridized carbons (Fsp3) is 0.385. The van der Waals surface area contributed by atoms with Crippen molar-refractivity contribution < 1.29 is 14.6 Å². The Morgan fingerprint density at radius 2 is 2.33 bits per heavy atom. The number of carboxylic acid groups (broad SMARTS) is 1. The molecule has 0 aliphatic rings. The van der Waals surface area contributed by atoms with E-state index in [2.05, 4.69) is 4.98 Å². The Bertz CT molecular complexity index is 444. The van der Waals surface area contributed by atoms with Gasteiger partial charge in [-0.3, -0.25) is 0 Å². The Morgan fingerprint density at radius 1 is 1.61 bits per heavy atom. The first kappa shape index (κ1) is 14.2. The molecule has 0 aliphatic carbocycles. The van der Waals surface area contributed by atoms with E-state index in [1.165, 1.54) is 6.08 Å². The Hall–Kier alpha value is -1.88. The van der Waals surface area contributed by atoms with Crippen molar-refractivity contribution in [3.8, 4) is 0 Å². The molecule has 0 spiro atoms. The number of nitrogens with zero attached hydrogens (tertiary/aromatic N) is 2. The topological polar surface area (TPSA) is 62.7 Å². The van der Waals surface area contributed by atoms with E-state index in [4.69, 9.17) is 9.84 Å². The summed E-state index contributed by atoms with van der Waals surface area (Å²) in [6.45, 7) is 3.34. The third-order valence-electron chi connectivity index (χ3n) is 2.48. The van der Waals surface area contributed by atoms with Crippen molar-refractivity contribution >= 4 is 17.9 Å². The number of hydrogen-bond donors (Lipinski definition) is 1. The number of ether oxygens (including phenoxy) is 1. The minimum Gasteiger partial charge on any atom is -0.478 e. The van der Waals surface area contributed by atoms with Crippen molar-refractivity contribution in [2.45, 2.75) is 6.92 Å². The van der Waals surface area contributed by atoms with E-state index in [9.17, 15) is 4.79 Å². The summed E-state index contributed by atoms with van der Waals surface area (Å²) < 4.78 is 5.02. The molecule has 0 aromatic carbocycles. The lowest BCUT2D eigenvalue weighted by atomic mass is 10.2. The molecular weight excluding hydrogens is 232 g/mol. The summed E-state index contributed by atoms with van der Waals surface area (Å²) in [6, 6.07) is 1.91. The standard InChI is InChI=1S/C13H18N2O3/c1-10-8-11(4-5-12(16)17)9-14-13(10)15(2)6-7-18-3/h4-5,8-9H,6-7H2,1-3H3,(H,16,17)/b5-4+. The van der Waals surface area contributed by atoms with E-state index < -0.39 is 5.97 Å². The Labute approximate surface area is 107 Å². The van der Waals surface area contributed by atoms with Crippen LogP contribution in [0.2, 0.25) is 0 Å². The zero-order valence-electron chi connectivity index (χ0n) is 10.9. The lowest BCUT2D eigenvalue weighted by Gasteiger charge is -2.19. The van der Waals surface area contributed by atoms with E-state index >= 15 is 0 Å². The van der Waals surface area contributed by atoms with E-state index in [0.717, 1.165) is 29.6 Å². The summed E-state index contributed by atoms with van der Waals surface area (Å²) >= 11 is 0. The molecule has 98 valence electrons.